The first-order valence-electron chi connectivity index (χ1n) is 6.65. The fourth-order valence-electron chi connectivity index (χ4n) is 1.55. The molecule has 1 amide bonds. The maximum atomic E-state index is 11.8. The summed E-state index contributed by atoms with van der Waals surface area (Å²) in [5.74, 6) is 0.976. The molecule has 0 atom stereocenters. The van der Waals surface area contributed by atoms with Crippen LogP contribution in [0.1, 0.15) is 23.2 Å². The van der Waals surface area contributed by atoms with Gasteiger partial charge in [-0.1, -0.05) is 30.0 Å². The van der Waals surface area contributed by atoms with Crippen LogP contribution in [0.15, 0.2) is 40.0 Å². The van der Waals surface area contributed by atoms with Crippen molar-refractivity contribution in [3.8, 4) is 0 Å². The average Bonchev–Trinajstić information content (AvgIpc) is 2.98. The molecule has 0 spiro atoms. The van der Waals surface area contributed by atoms with Crippen LogP contribution < -0.4 is 5.32 Å². The van der Waals surface area contributed by atoms with Crippen LogP contribution in [0.25, 0.3) is 0 Å². The lowest BCUT2D eigenvalue weighted by molar-refractivity contribution is 0.0946. The second kappa shape index (κ2) is 8.43. The SMILES string of the molecule is CCOCCSc1nnc(CNC(=O)c2ccccc2)o1. The van der Waals surface area contributed by atoms with E-state index in [1.165, 1.54) is 11.8 Å². The molecule has 0 saturated carbocycles. The Labute approximate surface area is 127 Å². The Hall–Kier alpha value is -1.86. The predicted molar refractivity (Wildman–Crippen MR) is 79.1 cm³/mol. The average molecular weight is 307 g/mol. The molecule has 1 N–H and O–H groups in total. The largest absolute Gasteiger partial charge is 0.414 e. The van der Waals surface area contributed by atoms with Gasteiger partial charge in [0, 0.05) is 17.9 Å². The Balaban J connectivity index is 1.76. The highest BCUT2D eigenvalue weighted by Gasteiger charge is 2.09. The van der Waals surface area contributed by atoms with Gasteiger partial charge in [0.1, 0.15) is 0 Å². The molecule has 0 aliphatic rings. The highest BCUT2D eigenvalue weighted by molar-refractivity contribution is 7.99. The number of carbonyl (C=O) groups excluding carboxylic acids is 1. The smallest absolute Gasteiger partial charge is 0.276 e. The van der Waals surface area contributed by atoms with Crippen LogP contribution in [-0.2, 0) is 11.3 Å². The molecule has 1 aromatic carbocycles. The third-order valence-corrected chi connectivity index (χ3v) is 3.32. The number of thioether (sulfide) groups is 1. The Morgan fingerprint density at radius 2 is 2.14 bits per heavy atom. The minimum absolute atomic E-state index is 0.167. The van der Waals surface area contributed by atoms with Gasteiger partial charge in [-0.3, -0.25) is 4.79 Å². The Bertz CT molecular complexity index is 560. The summed E-state index contributed by atoms with van der Waals surface area (Å²) in [7, 11) is 0. The first-order valence-corrected chi connectivity index (χ1v) is 7.64. The van der Waals surface area contributed by atoms with E-state index in [1.807, 2.05) is 25.1 Å². The predicted octanol–water partition coefficient (Wildman–Crippen LogP) is 2.13. The molecule has 0 bridgehead atoms. The zero-order chi connectivity index (χ0) is 14.9. The number of amides is 1. The van der Waals surface area contributed by atoms with E-state index in [1.54, 1.807) is 12.1 Å². The Kier molecular flexibility index (Phi) is 6.23. The number of benzene rings is 1. The highest BCUT2D eigenvalue weighted by atomic mass is 32.2. The van der Waals surface area contributed by atoms with Crippen molar-refractivity contribution in [3.05, 3.63) is 41.8 Å². The Morgan fingerprint density at radius 1 is 1.33 bits per heavy atom. The van der Waals surface area contributed by atoms with Crippen molar-refractivity contribution in [2.75, 3.05) is 19.0 Å². The number of rotatable bonds is 8. The van der Waals surface area contributed by atoms with Gasteiger partial charge in [0.15, 0.2) is 0 Å². The van der Waals surface area contributed by atoms with Crippen molar-refractivity contribution in [2.45, 2.75) is 18.7 Å². The van der Waals surface area contributed by atoms with Gasteiger partial charge in [0.2, 0.25) is 5.89 Å². The number of hydrogen-bond acceptors (Lipinski definition) is 6. The van der Waals surface area contributed by atoms with Crippen molar-refractivity contribution in [1.82, 2.24) is 15.5 Å². The molecule has 2 aromatic rings. The van der Waals surface area contributed by atoms with E-state index in [2.05, 4.69) is 15.5 Å². The first kappa shape index (κ1) is 15.5. The molecule has 0 radical (unpaired) electrons. The monoisotopic (exact) mass is 307 g/mol. The lowest BCUT2D eigenvalue weighted by atomic mass is 10.2. The van der Waals surface area contributed by atoms with Gasteiger partial charge in [-0.05, 0) is 19.1 Å². The molecule has 0 fully saturated rings. The van der Waals surface area contributed by atoms with Crippen LogP contribution in [0.5, 0.6) is 0 Å². The van der Waals surface area contributed by atoms with Gasteiger partial charge < -0.3 is 14.5 Å². The molecule has 0 aliphatic carbocycles. The number of hydrogen-bond donors (Lipinski definition) is 1. The van der Waals surface area contributed by atoms with Gasteiger partial charge in [0.25, 0.3) is 11.1 Å². The number of carbonyl (C=O) groups is 1. The molecule has 112 valence electrons. The van der Waals surface area contributed by atoms with Gasteiger partial charge in [0.05, 0.1) is 13.2 Å². The summed E-state index contributed by atoms with van der Waals surface area (Å²) in [6.45, 7) is 3.50. The number of nitrogens with one attached hydrogen (secondary N) is 1. The lowest BCUT2D eigenvalue weighted by Crippen LogP contribution is -2.22. The number of aromatic nitrogens is 2. The normalized spacial score (nSPS) is 10.5. The third kappa shape index (κ3) is 5.20. The highest BCUT2D eigenvalue weighted by Crippen LogP contribution is 2.15. The molecule has 0 aliphatic heterocycles. The van der Waals surface area contributed by atoms with Crippen LogP contribution in [0.2, 0.25) is 0 Å². The summed E-state index contributed by atoms with van der Waals surface area (Å²) < 4.78 is 10.6. The Morgan fingerprint density at radius 3 is 2.90 bits per heavy atom. The fraction of sp³-hybridized carbons (Fsp3) is 0.357. The van der Waals surface area contributed by atoms with E-state index in [0.717, 1.165) is 5.75 Å². The summed E-state index contributed by atoms with van der Waals surface area (Å²) in [5.41, 5.74) is 0.600. The van der Waals surface area contributed by atoms with Crippen molar-refractivity contribution in [3.63, 3.8) is 0 Å². The van der Waals surface area contributed by atoms with Crippen molar-refractivity contribution in [1.29, 1.82) is 0 Å². The van der Waals surface area contributed by atoms with E-state index >= 15 is 0 Å². The van der Waals surface area contributed by atoms with Crippen LogP contribution in [0.3, 0.4) is 0 Å². The third-order valence-electron chi connectivity index (χ3n) is 2.54. The molecular formula is C14H17N3O3S. The molecule has 2 rings (SSSR count). The minimum Gasteiger partial charge on any atom is -0.414 e. The molecule has 1 aromatic heterocycles. The number of nitrogens with zero attached hydrogens (tertiary/aromatic N) is 2. The van der Waals surface area contributed by atoms with E-state index in [-0.39, 0.29) is 12.5 Å². The molecule has 0 saturated heterocycles. The lowest BCUT2D eigenvalue weighted by Gasteiger charge is -2.01. The first-order chi connectivity index (χ1) is 10.3. The fourth-order valence-corrected chi connectivity index (χ4v) is 2.18. The summed E-state index contributed by atoms with van der Waals surface area (Å²) in [5, 5.41) is 11.0. The van der Waals surface area contributed by atoms with Gasteiger partial charge in [-0.2, -0.15) is 0 Å². The maximum absolute atomic E-state index is 11.8. The van der Waals surface area contributed by atoms with E-state index in [4.69, 9.17) is 9.15 Å². The van der Waals surface area contributed by atoms with E-state index < -0.39 is 0 Å². The standard InChI is InChI=1S/C14H17N3O3S/c1-2-19-8-9-21-14-17-16-12(20-14)10-15-13(18)11-6-4-3-5-7-11/h3-7H,2,8-10H2,1H3,(H,15,18). The van der Waals surface area contributed by atoms with Crippen molar-refractivity contribution in [2.24, 2.45) is 0 Å². The zero-order valence-electron chi connectivity index (χ0n) is 11.7. The van der Waals surface area contributed by atoms with Gasteiger partial charge in [-0.25, -0.2) is 0 Å². The second-order valence-corrected chi connectivity index (χ2v) is 5.10. The summed E-state index contributed by atoms with van der Waals surface area (Å²) in [4.78, 5) is 11.8. The summed E-state index contributed by atoms with van der Waals surface area (Å²) in [6.07, 6.45) is 0. The van der Waals surface area contributed by atoms with Crippen LogP contribution >= 0.6 is 11.8 Å². The van der Waals surface area contributed by atoms with Crippen LogP contribution in [0, 0.1) is 0 Å². The molecule has 6 nitrogen and oxygen atoms in total. The van der Waals surface area contributed by atoms with Gasteiger partial charge >= 0.3 is 0 Å². The summed E-state index contributed by atoms with van der Waals surface area (Å²) in [6, 6.07) is 8.99. The molecule has 1 heterocycles. The van der Waals surface area contributed by atoms with Crippen LogP contribution in [0.4, 0.5) is 0 Å². The second-order valence-electron chi connectivity index (χ2n) is 4.06. The number of ether oxygens (including phenoxy) is 1. The summed E-state index contributed by atoms with van der Waals surface area (Å²) >= 11 is 1.43. The molecular weight excluding hydrogens is 290 g/mol. The van der Waals surface area contributed by atoms with E-state index in [9.17, 15) is 4.79 Å². The maximum Gasteiger partial charge on any atom is 0.276 e. The van der Waals surface area contributed by atoms with Gasteiger partial charge in [-0.15, -0.1) is 10.2 Å². The zero-order valence-corrected chi connectivity index (χ0v) is 12.6. The quantitative estimate of drug-likeness (QED) is 0.594. The molecule has 21 heavy (non-hydrogen) atoms. The molecule has 7 heteroatoms. The van der Waals surface area contributed by atoms with Crippen LogP contribution in [-0.4, -0.2) is 35.1 Å². The molecule has 0 unspecified atom stereocenters. The minimum atomic E-state index is -0.167. The topological polar surface area (TPSA) is 77.3 Å². The van der Waals surface area contributed by atoms with Crippen molar-refractivity contribution >= 4 is 17.7 Å². The van der Waals surface area contributed by atoms with E-state index in [0.29, 0.717) is 29.9 Å². The van der Waals surface area contributed by atoms with Crippen molar-refractivity contribution < 1.29 is 13.9 Å².